The van der Waals surface area contributed by atoms with Crippen molar-refractivity contribution in [3.8, 4) is 28.5 Å². The predicted molar refractivity (Wildman–Crippen MR) is 141 cm³/mol. The van der Waals surface area contributed by atoms with Gasteiger partial charge in [0.25, 0.3) is 5.91 Å². The quantitative estimate of drug-likeness (QED) is 0.405. The molecule has 5 rings (SSSR count). The van der Waals surface area contributed by atoms with Crippen LogP contribution in [-0.2, 0) is 16.6 Å². The van der Waals surface area contributed by atoms with Gasteiger partial charge in [-0.25, -0.2) is 4.98 Å². The van der Waals surface area contributed by atoms with E-state index in [0.29, 0.717) is 22.8 Å². The van der Waals surface area contributed by atoms with Gasteiger partial charge in [0.2, 0.25) is 5.91 Å². The average Bonchev–Trinajstić information content (AvgIpc) is 3.30. The Labute approximate surface area is 214 Å². The summed E-state index contributed by atoms with van der Waals surface area (Å²) in [4.78, 5) is 38.0. The Morgan fingerprint density at radius 2 is 1.78 bits per heavy atom. The van der Waals surface area contributed by atoms with Crippen molar-refractivity contribution in [1.29, 1.82) is 5.26 Å². The van der Waals surface area contributed by atoms with Gasteiger partial charge in [-0.2, -0.15) is 5.26 Å². The Kier molecular flexibility index (Phi) is 5.98. The van der Waals surface area contributed by atoms with Crippen molar-refractivity contribution in [3.05, 3.63) is 89.5 Å². The van der Waals surface area contributed by atoms with Crippen LogP contribution in [0.5, 0.6) is 0 Å². The van der Waals surface area contributed by atoms with Crippen LogP contribution >= 0.6 is 0 Å². The summed E-state index contributed by atoms with van der Waals surface area (Å²) in [6, 6.07) is 17.0. The van der Waals surface area contributed by atoms with Gasteiger partial charge in [-0.1, -0.05) is 6.07 Å². The van der Waals surface area contributed by atoms with E-state index in [2.05, 4.69) is 31.7 Å². The summed E-state index contributed by atoms with van der Waals surface area (Å²) in [5.41, 5.74) is 6.16. The molecule has 0 unspecified atom stereocenters. The van der Waals surface area contributed by atoms with E-state index in [1.54, 1.807) is 44.6 Å². The Morgan fingerprint density at radius 3 is 2.59 bits per heavy atom. The number of pyridine rings is 3. The number of aryl methyl sites for hydroxylation is 1. The third-order valence-corrected chi connectivity index (χ3v) is 6.44. The Morgan fingerprint density at radius 1 is 1.00 bits per heavy atom. The molecule has 0 saturated carbocycles. The average molecular weight is 489 g/mol. The Bertz CT molecular complexity index is 1600. The number of carbonyl (C=O) groups excluding carboxylic acids is 2. The van der Waals surface area contributed by atoms with Crippen LogP contribution in [0.1, 0.15) is 41.0 Å². The van der Waals surface area contributed by atoms with Crippen LogP contribution in [0.2, 0.25) is 0 Å². The van der Waals surface area contributed by atoms with E-state index in [1.165, 1.54) is 0 Å². The minimum absolute atomic E-state index is 0.0807. The molecule has 3 aromatic heterocycles. The van der Waals surface area contributed by atoms with Crippen LogP contribution in [0.3, 0.4) is 0 Å². The summed E-state index contributed by atoms with van der Waals surface area (Å²) in [5.74, 6) is 0.211. The maximum atomic E-state index is 13.0. The zero-order valence-corrected chi connectivity index (χ0v) is 20.7. The van der Waals surface area contributed by atoms with Crippen molar-refractivity contribution < 1.29 is 9.59 Å². The van der Waals surface area contributed by atoms with E-state index >= 15 is 0 Å². The molecule has 0 aliphatic carbocycles. The normalized spacial score (nSPS) is 12.4. The molecule has 1 aromatic carbocycles. The van der Waals surface area contributed by atoms with Crippen LogP contribution < -0.4 is 10.6 Å². The van der Waals surface area contributed by atoms with E-state index in [4.69, 9.17) is 0 Å². The highest BCUT2D eigenvalue weighted by molar-refractivity contribution is 6.04. The number of nitriles is 1. The first-order valence-corrected chi connectivity index (χ1v) is 11.8. The maximum absolute atomic E-state index is 13.0. The van der Waals surface area contributed by atoms with Crippen LogP contribution in [0.4, 0.5) is 11.5 Å². The van der Waals surface area contributed by atoms with Gasteiger partial charge in [0, 0.05) is 41.0 Å². The fraction of sp³-hybridized carbons (Fsp3) is 0.172. The molecule has 2 amide bonds. The van der Waals surface area contributed by atoms with Crippen molar-refractivity contribution in [3.63, 3.8) is 0 Å². The third-order valence-electron chi connectivity index (χ3n) is 6.44. The molecule has 0 atom stereocenters. The highest BCUT2D eigenvalue weighted by Gasteiger charge is 2.24. The predicted octanol–water partition coefficient (Wildman–Crippen LogP) is 5.06. The monoisotopic (exact) mass is 488 g/mol. The molecule has 1 aliphatic rings. The lowest BCUT2D eigenvalue weighted by molar-refractivity contribution is -0.115. The number of hydrogen-bond donors (Lipinski definition) is 2. The highest BCUT2D eigenvalue weighted by Crippen LogP contribution is 2.34. The smallest absolute Gasteiger partial charge is 0.255 e. The molecule has 0 spiro atoms. The summed E-state index contributed by atoms with van der Waals surface area (Å²) < 4.78 is 0. The molecule has 0 bridgehead atoms. The molecule has 182 valence electrons. The van der Waals surface area contributed by atoms with Crippen LogP contribution in [0, 0.1) is 18.3 Å². The second-order valence-electron chi connectivity index (χ2n) is 9.49. The topological polar surface area (TPSA) is 121 Å². The molecule has 2 N–H and O–H groups in total. The number of amides is 2. The lowest BCUT2D eigenvalue weighted by Gasteiger charge is -2.15. The summed E-state index contributed by atoms with van der Waals surface area (Å²) in [6.07, 6.45) is 5.22. The van der Waals surface area contributed by atoms with Gasteiger partial charge in [0.15, 0.2) is 0 Å². The number of aromatic nitrogens is 3. The first kappa shape index (κ1) is 23.8. The summed E-state index contributed by atoms with van der Waals surface area (Å²) in [5, 5.41) is 15.1. The van der Waals surface area contributed by atoms with Gasteiger partial charge in [-0.15, -0.1) is 0 Å². The lowest BCUT2D eigenvalue weighted by atomic mass is 9.90. The van der Waals surface area contributed by atoms with E-state index in [0.717, 1.165) is 33.5 Å². The Balaban J connectivity index is 1.45. The van der Waals surface area contributed by atoms with Gasteiger partial charge >= 0.3 is 0 Å². The van der Waals surface area contributed by atoms with Crippen LogP contribution in [0.15, 0.2) is 67.1 Å². The number of fused-ring (bicyclic) bond motifs is 1. The van der Waals surface area contributed by atoms with Crippen molar-refractivity contribution in [1.82, 2.24) is 15.0 Å². The standard InChI is InChI=1S/C29H24N6O2/c1-17-4-5-20(34-28(37)19-7-10-32-25(13-19)29(2,3)16-30)14-22(17)18-6-9-31-24(12-18)21-8-11-33-27-23(21)15-26(36)35-27/h4-14H,15H2,1-3H3,(H,34,37)(H,33,35,36). The molecule has 8 nitrogen and oxygen atoms in total. The number of anilines is 2. The largest absolute Gasteiger partial charge is 0.322 e. The van der Waals surface area contributed by atoms with Crippen molar-refractivity contribution >= 4 is 23.3 Å². The highest BCUT2D eigenvalue weighted by atomic mass is 16.2. The first-order chi connectivity index (χ1) is 17.7. The summed E-state index contributed by atoms with van der Waals surface area (Å²) >= 11 is 0. The number of nitrogens with zero attached hydrogens (tertiary/aromatic N) is 4. The van der Waals surface area contributed by atoms with Crippen molar-refractivity contribution in [2.75, 3.05) is 10.6 Å². The molecule has 4 heterocycles. The molecule has 8 heteroatoms. The summed E-state index contributed by atoms with van der Waals surface area (Å²) in [7, 11) is 0. The third kappa shape index (κ3) is 4.67. The van der Waals surface area contributed by atoms with E-state index in [9.17, 15) is 14.9 Å². The lowest BCUT2D eigenvalue weighted by Crippen LogP contribution is -2.18. The second kappa shape index (κ2) is 9.28. The van der Waals surface area contributed by atoms with Gasteiger partial charge in [0.1, 0.15) is 5.82 Å². The maximum Gasteiger partial charge on any atom is 0.255 e. The zero-order chi connectivity index (χ0) is 26.2. The zero-order valence-electron chi connectivity index (χ0n) is 20.7. The van der Waals surface area contributed by atoms with E-state index < -0.39 is 5.41 Å². The number of carbonyl (C=O) groups is 2. The minimum Gasteiger partial charge on any atom is -0.322 e. The number of hydrogen-bond acceptors (Lipinski definition) is 6. The van der Waals surface area contributed by atoms with Gasteiger partial charge in [-0.05, 0) is 79.9 Å². The van der Waals surface area contributed by atoms with E-state index in [1.807, 2.05) is 43.3 Å². The van der Waals surface area contributed by atoms with Gasteiger partial charge < -0.3 is 10.6 Å². The fourth-order valence-corrected chi connectivity index (χ4v) is 4.29. The SMILES string of the molecule is Cc1ccc(NC(=O)c2ccnc(C(C)(C)C#N)c2)cc1-c1ccnc(-c2ccnc3c2CC(=O)N3)c1. The van der Waals surface area contributed by atoms with E-state index in [-0.39, 0.29) is 18.2 Å². The number of benzene rings is 1. The second-order valence-corrected chi connectivity index (χ2v) is 9.49. The molecule has 0 saturated heterocycles. The first-order valence-electron chi connectivity index (χ1n) is 11.8. The molecule has 37 heavy (non-hydrogen) atoms. The minimum atomic E-state index is -0.801. The molecule has 1 aliphatic heterocycles. The molecule has 0 fully saturated rings. The number of nitrogens with one attached hydrogen (secondary N) is 2. The fourth-order valence-electron chi connectivity index (χ4n) is 4.29. The summed E-state index contributed by atoms with van der Waals surface area (Å²) in [6.45, 7) is 5.54. The van der Waals surface area contributed by atoms with Crippen LogP contribution in [-0.4, -0.2) is 26.8 Å². The van der Waals surface area contributed by atoms with Crippen LogP contribution in [0.25, 0.3) is 22.4 Å². The molecular weight excluding hydrogens is 464 g/mol. The Hall–Kier alpha value is -4.90. The molecular formula is C29H24N6O2. The van der Waals surface area contributed by atoms with Crippen molar-refractivity contribution in [2.45, 2.75) is 32.6 Å². The number of rotatable bonds is 5. The van der Waals surface area contributed by atoms with Gasteiger partial charge in [0.05, 0.1) is 29.3 Å². The van der Waals surface area contributed by atoms with Gasteiger partial charge in [-0.3, -0.25) is 19.6 Å². The molecule has 4 aromatic rings. The molecule has 0 radical (unpaired) electrons. The van der Waals surface area contributed by atoms with Crippen molar-refractivity contribution in [2.24, 2.45) is 0 Å².